The van der Waals surface area contributed by atoms with Gasteiger partial charge in [0.25, 0.3) is 0 Å². The Morgan fingerprint density at radius 1 is 0.952 bits per heavy atom. The van der Waals surface area contributed by atoms with E-state index < -0.39 is 13.4 Å². The van der Waals surface area contributed by atoms with E-state index in [1.54, 1.807) is 48.5 Å². The highest BCUT2D eigenvalue weighted by atomic mass is 31.2. The largest absolute Gasteiger partial charge is 0.455 e. The van der Waals surface area contributed by atoms with Crippen LogP contribution in [0.2, 0.25) is 0 Å². The van der Waals surface area contributed by atoms with Crippen LogP contribution in [0.25, 0.3) is 0 Å². The number of rotatable bonds is 6. The Kier molecular flexibility index (Phi) is 4.94. The third-order valence-corrected chi connectivity index (χ3v) is 4.61. The molecule has 5 nitrogen and oxygen atoms in total. The molecule has 0 bridgehead atoms. The molecule has 0 aliphatic rings. The molecular formula is C15H14NO4P. The molecule has 108 valence electrons. The molecule has 2 aromatic rings. The van der Waals surface area contributed by atoms with Gasteiger partial charge in [-0.25, -0.2) is 9.36 Å². The molecule has 2 aromatic carbocycles. The maximum absolute atomic E-state index is 12.9. The van der Waals surface area contributed by atoms with E-state index in [0.717, 1.165) is 0 Å². The van der Waals surface area contributed by atoms with Crippen molar-refractivity contribution in [2.24, 2.45) is 4.99 Å². The SMILES string of the molecule is CC(N=C=O)P(=O)(Oc1ccccc1)Oc1ccccc1. The number of para-hydroxylation sites is 2. The Morgan fingerprint density at radius 2 is 1.38 bits per heavy atom. The molecule has 0 radical (unpaired) electrons. The third-order valence-electron chi connectivity index (χ3n) is 2.65. The average Bonchev–Trinajstić information content (AvgIpc) is 2.49. The molecule has 1 atom stereocenters. The summed E-state index contributed by atoms with van der Waals surface area (Å²) < 4.78 is 23.9. The summed E-state index contributed by atoms with van der Waals surface area (Å²) in [4.78, 5) is 13.9. The third kappa shape index (κ3) is 4.06. The summed E-state index contributed by atoms with van der Waals surface area (Å²) in [5.41, 5.74) is 0. The quantitative estimate of drug-likeness (QED) is 0.459. The summed E-state index contributed by atoms with van der Waals surface area (Å²) in [6.45, 7) is 1.48. The number of hydrogen-bond acceptors (Lipinski definition) is 5. The molecule has 0 aromatic heterocycles. The Hall–Kier alpha value is -2.35. The Balaban J connectivity index is 2.30. The van der Waals surface area contributed by atoms with E-state index in [-0.39, 0.29) is 0 Å². The summed E-state index contributed by atoms with van der Waals surface area (Å²) in [6.07, 6.45) is 1.39. The van der Waals surface area contributed by atoms with Crippen molar-refractivity contribution in [2.45, 2.75) is 12.7 Å². The van der Waals surface area contributed by atoms with Crippen LogP contribution in [0.15, 0.2) is 65.7 Å². The highest BCUT2D eigenvalue weighted by Crippen LogP contribution is 2.53. The fourth-order valence-electron chi connectivity index (χ4n) is 1.57. The first-order valence-electron chi connectivity index (χ1n) is 6.30. The lowest BCUT2D eigenvalue weighted by atomic mass is 10.3. The molecule has 2 rings (SSSR count). The van der Waals surface area contributed by atoms with Gasteiger partial charge in [0, 0.05) is 0 Å². The summed E-state index contributed by atoms with van der Waals surface area (Å²) >= 11 is 0. The van der Waals surface area contributed by atoms with Gasteiger partial charge in [-0.2, -0.15) is 4.99 Å². The minimum atomic E-state index is -3.70. The van der Waals surface area contributed by atoms with Crippen LogP contribution >= 0.6 is 7.60 Å². The predicted molar refractivity (Wildman–Crippen MR) is 79.3 cm³/mol. The second-order valence-corrected chi connectivity index (χ2v) is 6.39. The molecule has 0 amide bonds. The second-order valence-electron chi connectivity index (χ2n) is 4.20. The highest BCUT2D eigenvalue weighted by Gasteiger charge is 2.36. The van der Waals surface area contributed by atoms with Crippen molar-refractivity contribution in [1.82, 2.24) is 0 Å². The van der Waals surface area contributed by atoms with Gasteiger partial charge in [-0.3, -0.25) is 0 Å². The van der Waals surface area contributed by atoms with Crippen molar-refractivity contribution < 1.29 is 18.4 Å². The molecule has 0 aliphatic carbocycles. The van der Waals surface area contributed by atoms with Gasteiger partial charge in [0.15, 0.2) is 5.78 Å². The van der Waals surface area contributed by atoms with Crippen molar-refractivity contribution in [2.75, 3.05) is 0 Å². The molecule has 0 spiro atoms. The van der Waals surface area contributed by atoms with Crippen molar-refractivity contribution in [1.29, 1.82) is 0 Å². The van der Waals surface area contributed by atoms with E-state index in [1.807, 2.05) is 12.1 Å². The van der Waals surface area contributed by atoms with Crippen molar-refractivity contribution in [3.05, 3.63) is 60.7 Å². The second kappa shape index (κ2) is 6.89. The lowest BCUT2D eigenvalue weighted by Gasteiger charge is -2.22. The molecule has 0 N–H and O–H groups in total. The zero-order valence-corrected chi connectivity index (χ0v) is 12.3. The van der Waals surface area contributed by atoms with Gasteiger partial charge in [-0.15, -0.1) is 0 Å². The monoisotopic (exact) mass is 303 g/mol. The van der Waals surface area contributed by atoms with Crippen LogP contribution in [-0.2, 0) is 9.36 Å². The molecule has 6 heteroatoms. The van der Waals surface area contributed by atoms with Crippen molar-refractivity contribution >= 4 is 13.7 Å². The number of benzene rings is 2. The Labute approximate surface area is 122 Å². The van der Waals surface area contributed by atoms with Crippen LogP contribution in [0.1, 0.15) is 6.92 Å². The van der Waals surface area contributed by atoms with Gasteiger partial charge in [0.2, 0.25) is 6.08 Å². The van der Waals surface area contributed by atoms with Gasteiger partial charge < -0.3 is 9.05 Å². The molecular weight excluding hydrogens is 289 g/mol. The lowest BCUT2D eigenvalue weighted by molar-refractivity contribution is 0.375. The molecule has 0 fully saturated rings. The zero-order valence-electron chi connectivity index (χ0n) is 11.4. The number of nitrogens with zero attached hydrogens (tertiary/aromatic N) is 1. The highest BCUT2D eigenvalue weighted by molar-refractivity contribution is 7.55. The van der Waals surface area contributed by atoms with Crippen LogP contribution in [0.4, 0.5) is 0 Å². The molecule has 0 heterocycles. The minimum absolute atomic E-state index is 0.379. The zero-order chi connectivity index (χ0) is 15.1. The number of hydrogen-bond donors (Lipinski definition) is 0. The van der Waals surface area contributed by atoms with Crippen LogP contribution in [-0.4, -0.2) is 11.9 Å². The number of aliphatic imine (C=N–C) groups is 1. The molecule has 1 unspecified atom stereocenters. The van der Waals surface area contributed by atoms with E-state index in [1.165, 1.54) is 13.0 Å². The van der Waals surface area contributed by atoms with Crippen LogP contribution in [0, 0.1) is 0 Å². The maximum Gasteiger partial charge on any atom is 0.455 e. The first-order valence-corrected chi connectivity index (χ1v) is 7.91. The summed E-state index contributed by atoms with van der Waals surface area (Å²) in [7, 11) is -3.70. The number of carbonyl (C=O) groups excluding carboxylic acids is 1. The average molecular weight is 303 g/mol. The number of isocyanates is 1. The van der Waals surface area contributed by atoms with E-state index in [9.17, 15) is 9.36 Å². The van der Waals surface area contributed by atoms with Gasteiger partial charge >= 0.3 is 7.60 Å². The van der Waals surface area contributed by atoms with Gasteiger partial charge in [0.1, 0.15) is 11.5 Å². The van der Waals surface area contributed by atoms with Gasteiger partial charge in [0.05, 0.1) is 0 Å². The molecule has 0 aliphatic heterocycles. The first kappa shape index (κ1) is 15.0. The fraction of sp³-hybridized carbons (Fsp3) is 0.133. The van der Waals surface area contributed by atoms with Crippen LogP contribution < -0.4 is 9.05 Å². The standard InChI is InChI=1S/C15H14NO4P/c1-13(16-12-17)21(18,19-14-8-4-2-5-9-14)20-15-10-6-3-7-11-15/h2-11,13H,1H3. The van der Waals surface area contributed by atoms with Crippen LogP contribution in [0.5, 0.6) is 11.5 Å². The maximum atomic E-state index is 12.9. The van der Waals surface area contributed by atoms with Crippen LogP contribution in [0.3, 0.4) is 0 Å². The smallest absolute Gasteiger partial charge is 0.415 e. The normalized spacial score (nSPS) is 12.0. The van der Waals surface area contributed by atoms with Crippen molar-refractivity contribution in [3.63, 3.8) is 0 Å². The Bertz CT molecular complexity index is 623. The summed E-state index contributed by atoms with van der Waals surface area (Å²) in [5.74, 6) is -0.204. The molecule has 21 heavy (non-hydrogen) atoms. The molecule has 0 saturated heterocycles. The predicted octanol–water partition coefficient (Wildman–Crippen LogP) is 4.02. The Morgan fingerprint density at radius 3 is 1.76 bits per heavy atom. The van der Waals surface area contributed by atoms with Gasteiger partial charge in [-0.05, 0) is 31.2 Å². The summed E-state index contributed by atoms with van der Waals surface area (Å²) in [5, 5.41) is 0. The van der Waals surface area contributed by atoms with E-state index in [4.69, 9.17) is 9.05 Å². The first-order chi connectivity index (χ1) is 10.1. The van der Waals surface area contributed by atoms with Crippen molar-refractivity contribution in [3.8, 4) is 11.5 Å². The topological polar surface area (TPSA) is 65.0 Å². The van der Waals surface area contributed by atoms with E-state index >= 15 is 0 Å². The van der Waals surface area contributed by atoms with E-state index in [0.29, 0.717) is 11.5 Å². The molecule has 0 saturated carbocycles. The lowest BCUT2D eigenvalue weighted by Crippen LogP contribution is -2.11. The summed E-state index contributed by atoms with van der Waals surface area (Å²) in [6, 6.07) is 17.2. The van der Waals surface area contributed by atoms with Gasteiger partial charge in [-0.1, -0.05) is 36.4 Å². The minimum Gasteiger partial charge on any atom is -0.415 e. The fourth-order valence-corrected chi connectivity index (χ4v) is 2.94. The van der Waals surface area contributed by atoms with E-state index in [2.05, 4.69) is 4.99 Å².